The van der Waals surface area contributed by atoms with Gasteiger partial charge in [0.05, 0.1) is 13.5 Å². The van der Waals surface area contributed by atoms with Gasteiger partial charge in [-0.1, -0.05) is 39.7 Å². The number of ether oxygens (including phenoxy) is 1. The summed E-state index contributed by atoms with van der Waals surface area (Å²) < 4.78 is 32.5. The van der Waals surface area contributed by atoms with Crippen LogP contribution in [0.25, 0.3) is 0 Å². The number of rotatable bonds is 5. The fourth-order valence-electron chi connectivity index (χ4n) is 1.89. The summed E-state index contributed by atoms with van der Waals surface area (Å²) in [5.74, 6) is -0.564. The van der Waals surface area contributed by atoms with Crippen LogP contribution in [0.1, 0.15) is 5.56 Å². The van der Waals surface area contributed by atoms with Gasteiger partial charge in [0.15, 0.2) is 0 Å². The maximum Gasteiger partial charge on any atom is 0.267 e. The van der Waals surface area contributed by atoms with Gasteiger partial charge in [0.2, 0.25) is 5.91 Å². The van der Waals surface area contributed by atoms with E-state index in [0.717, 1.165) is 4.47 Å². The number of amides is 1. The predicted molar refractivity (Wildman–Crippen MR) is 91.2 cm³/mol. The molecule has 0 bridgehead atoms. The molecule has 0 fully saturated rings. The normalized spacial score (nSPS) is 11.1. The van der Waals surface area contributed by atoms with E-state index in [4.69, 9.17) is 16.3 Å². The number of halogens is 2. The van der Waals surface area contributed by atoms with Gasteiger partial charge in [-0.2, -0.15) is 0 Å². The van der Waals surface area contributed by atoms with Gasteiger partial charge in [0.25, 0.3) is 10.0 Å². The number of benzene rings is 2. The monoisotopic (exact) mass is 417 g/mol. The van der Waals surface area contributed by atoms with Gasteiger partial charge in [-0.25, -0.2) is 13.1 Å². The number of hydrogen-bond donors (Lipinski definition) is 1. The minimum atomic E-state index is -4.04. The Morgan fingerprint density at radius 2 is 1.87 bits per heavy atom. The van der Waals surface area contributed by atoms with Crippen molar-refractivity contribution in [2.75, 3.05) is 7.11 Å². The van der Waals surface area contributed by atoms with Crippen molar-refractivity contribution >= 4 is 43.5 Å². The molecule has 122 valence electrons. The largest absolute Gasteiger partial charge is 0.495 e. The van der Waals surface area contributed by atoms with Crippen LogP contribution in [0.5, 0.6) is 5.75 Å². The molecule has 0 aromatic heterocycles. The van der Waals surface area contributed by atoms with Crippen molar-refractivity contribution in [2.24, 2.45) is 0 Å². The standard InChI is InChI=1S/C15H13BrClNO4S/c1-22-13-9-12(17)6-7-14(13)23(20,21)18-15(19)8-10-2-4-11(16)5-3-10/h2-7,9H,8H2,1H3,(H,18,19). The highest BCUT2D eigenvalue weighted by atomic mass is 79.9. The van der Waals surface area contributed by atoms with Crippen molar-refractivity contribution in [2.45, 2.75) is 11.3 Å². The Morgan fingerprint density at radius 1 is 1.22 bits per heavy atom. The second kappa shape index (κ2) is 7.33. The number of hydrogen-bond acceptors (Lipinski definition) is 4. The fraction of sp³-hybridized carbons (Fsp3) is 0.133. The van der Waals surface area contributed by atoms with Crippen LogP contribution in [0, 0.1) is 0 Å². The number of methoxy groups -OCH3 is 1. The Labute approximate surface area is 147 Å². The number of nitrogens with one attached hydrogen (secondary N) is 1. The van der Waals surface area contributed by atoms with Crippen LogP contribution >= 0.6 is 27.5 Å². The molecule has 0 aliphatic carbocycles. The second-order valence-electron chi connectivity index (χ2n) is 4.63. The lowest BCUT2D eigenvalue weighted by molar-refractivity contribution is -0.118. The molecule has 0 aliphatic rings. The zero-order valence-electron chi connectivity index (χ0n) is 12.0. The highest BCUT2D eigenvalue weighted by molar-refractivity contribution is 9.10. The van der Waals surface area contributed by atoms with E-state index in [9.17, 15) is 13.2 Å². The van der Waals surface area contributed by atoms with Crippen LogP contribution in [0.2, 0.25) is 5.02 Å². The Balaban J connectivity index is 2.17. The Kier molecular flexibility index (Phi) is 5.67. The zero-order chi connectivity index (χ0) is 17.0. The van der Waals surface area contributed by atoms with Gasteiger partial charge in [-0.05, 0) is 29.8 Å². The van der Waals surface area contributed by atoms with Gasteiger partial charge in [0, 0.05) is 15.6 Å². The SMILES string of the molecule is COc1cc(Cl)ccc1S(=O)(=O)NC(=O)Cc1ccc(Br)cc1. The summed E-state index contributed by atoms with van der Waals surface area (Å²) in [5.41, 5.74) is 0.698. The third-order valence-corrected chi connectivity index (χ3v) is 5.12. The van der Waals surface area contributed by atoms with E-state index in [0.29, 0.717) is 10.6 Å². The third kappa shape index (κ3) is 4.70. The van der Waals surface area contributed by atoms with E-state index < -0.39 is 15.9 Å². The lowest BCUT2D eigenvalue weighted by Gasteiger charge is -2.11. The van der Waals surface area contributed by atoms with E-state index >= 15 is 0 Å². The fourth-order valence-corrected chi connectivity index (χ4v) is 3.45. The average Bonchev–Trinajstić information content (AvgIpc) is 2.48. The van der Waals surface area contributed by atoms with Crippen molar-refractivity contribution in [1.29, 1.82) is 0 Å². The second-order valence-corrected chi connectivity index (χ2v) is 7.63. The summed E-state index contributed by atoms with van der Waals surface area (Å²) >= 11 is 9.10. The van der Waals surface area contributed by atoms with E-state index in [1.54, 1.807) is 24.3 Å². The molecular weight excluding hydrogens is 406 g/mol. The summed E-state index contributed by atoms with van der Waals surface area (Å²) in [6.07, 6.45) is -0.0532. The minimum absolute atomic E-state index is 0.0532. The molecule has 2 aromatic rings. The van der Waals surface area contributed by atoms with Crippen LogP contribution in [-0.4, -0.2) is 21.4 Å². The Hall–Kier alpha value is -1.57. The van der Waals surface area contributed by atoms with Crippen molar-refractivity contribution in [3.05, 3.63) is 57.5 Å². The molecular formula is C15H13BrClNO4S. The lowest BCUT2D eigenvalue weighted by atomic mass is 10.1. The molecule has 0 aliphatic heterocycles. The van der Waals surface area contributed by atoms with E-state index in [-0.39, 0.29) is 17.1 Å². The van der Waals surface area contributed by atoms with Crippen LogP contribution < -0.4 is 9.46 Å². The van der Waals surface area contributed by atoms with Gasteiger partial charge >= 0.3 is 0 Å². The molecule has 8 heteroatoms. The summed E-state index contributed by atoms with van der Waals surface area (Å²) in [4.78, 5) is 11.8. The molecule has 0 atom stereocenters. The van der Waals surface area contributed by atoms with Crippen LogP contribution in [-0.2, 0) is 21.2 Å². The molecule has 0 radical (unpaired) electrons. The maximum atomic E-state index is 12.3. The first-order chi connectivity index (χ1) is 10.8. The number of sulfonamides is 1. The van der Waals surface area contributed by atoms with Gasteiger partial charge < -0.3 is 4.74 Å². The average molecular weight is 419 g/mol. The first-order valence-electron chi connectivity index (χ1n) is 6.45. The van der Waals surface area contributed by atoms with Crippen LogP contribution in [0.3, 0.4) is 0 Å². The first-order valence-corrected chi connectivity index (χ1v) is 9.11. The van der Waals surface area contributed by atoms with Crippen molar-refractivity contribution in [3.63, 3.8) is 0 Å². The molecule has 23 heavy (non-hydrogen) atoms. The number of carbonyl (C=O) groups excluding carboxylic acids is 1. The zero-order valence-corrected chi connectivity index (χ0v) is 15.2. The van der Waals surface area contributed by atoms with Gasteiger partial charge in [-0.15, -0.1) is 0 Å². The molecule has 0 spiro atoms. The van der Waals surface area contributed by atoms with Crippen molar-refractivity contribution in [1.82, 2.24) is 4.72 Å². The molecule has 0 unspecified atom stereocenters. The summed E-state index contributed by atoms with van der Waals surface area (Å²) in [6, 6.07) is 11.1. The highest BCUT2D eigenvalue weighted by Crippen LogP contribution is 2.27. The van der Waals surface area contributed by atoms with E-state index in [1.807, 2.05) is 4.72 Å². The molecule has 2 aromatic carbocycles. The maximum absolute atomic E-state index is 12.3. The van der Waals surface area contributed by atoms with Crippen LogP contribution in [0.15, 0.2) is 51.8 Å². The smallest absolute Gasteiger partial charge is 0.267 e. The molecule has 2 rings (SSSR count). The molecule has 0 saturated carbocycles. The summed E-state index contributed by atoms with van der Waals surface area (Å²) in [6.45, 7) is 0. The van der Waals surface area contributed by atoms with Gasteiger partial charge in [0.1, 0.15) is 10.6 Å². The quantitative estimate of drug-likeness (QED) is 0.809. The van der Waals surface area contributed by atoms with Crippen LogP contribution in [0.4, 0.5) is 0 Å². The Bertz CT molecular complexity index is 822. The number of carbonyl (C=O) groups is 1. The highest BCUT2D eigenvalue weighted by Gasteiger charge is 2.22. The summed E-state index contributed by atoms with van der Waals surface area (Å²) in [5, 5.41) is 0.335. The molecule has 1 amide bonds. The molecule has 0 saturated heterocycles. The molecule has 5 nitrogen and oxygen atoms in total. The Morgan fingerprint density at radius 3 is 2.48 bits per heavy atom. The van der Waals surface area contributed by atoms with Crippen molar-refractivity contribution < 1.29 is 17.9 Å². The van der Waals surface area contributed by atoms with E-state index in [2.05, 4.69) is 15.9 Å². The topological polar surface area (TPSA) is 72.5 Å². The van der Waals surface area contributed by atoms with Crippen molar-refractivity contribution in [3.8, 4) is 5.75 Å². The minimum Gasteiger partial charge on any atom is -0.495 e. The molecule has 1 N–H and O–H groups in total. The van der Waals surface area contributed by atoms with Gasteiger partial charge in [-0.3, -0.25) is 4.79 Å². The van der Waals surface area contributed by atoms with E-state index in [1.165, 1.54) is 25.3 Å². The predicted octanol–water partition coefficient (Wildman–Crippen LogP) is 3.16. The third-order valence-electron chi connectivity index (χ3n) is 2.94. The first kappa shape index (κ1) is 17.8. The lowest BCUT2D eigenvalue weighted by Crippen LogP contribution is -2.32. The molecule has 0 heterocycles. The summed E-state index contributed by atoms with van der Waals surface area (Å²) in [7, 11) is -2.71.